The first-order valence-electron chi connectivity index (χ1n) is 10.9. The summed E-state index contributed by atoms with van der Waals surface area (Å²) in [5.74, 6) is -0.807. The molecule has 4 N–H and O–H groups in total. The molecule has 0 aliphatic heterocycles. The SMILES string of the molecule is CCCCCCCCCCCCCCCCCC(=O)OP(=O)(O)O.OCCO. The Morgan fingerprint density at radius 1 is 0.679 bits per heavy atom. The predicted octanol–water partition coefficient (Wildman–Crippen LogP) is 4.85. The van der Waals surface area contributed by atoms with E-state index in [2.05, 4.69) is 11.4 Å². The topological polar surface area (TPSA) is 124 Å². The molecule has 7 nitrogen and oxygen atoms in total. The Labute approximate surface area is 171 Å². The van der Waals surface area contributed by atoms with Crippen LogP contribution in [0, 0.1) is 0 Å². The van der Waals surface area contributed by atoms with E-state index in [4.69, 9.17) is 20.0 Å². The van der Waals surface area contributed by atoms with E-state index in [0.29, 0.717) is 6.42 Å². The third-order valence-electron chi connectivity index (χ3n) is 4.31. The van der Waals surface area contributed by atoms with Crippen LogP contribution in [0.5, 0.6) is 0 Å². The van der Waals surface area contributed by atoms with Gasteiger partial charge in [-0.05, 0) is 6.42 Å². The lowest BCUT2D eigenvalue weighted by Gasteiger charge is -2.05. The number of carbonyl (C=O) groups is 1. The quantitative estimate of drug-likeness (QED) is 0.182. The van der Waals surface area contributed by atoms with Crippen molar-refractivity contribution in [3.8, 4) is 0 Å². The standard InChI is InChI=1S/C18H37O5P.C2H6O2/c1-2-3-4-5-6-7-8-9-10-11-12-13-14-15-16-17-18(19)23-24(20,21)22;3-1-2-4/h2-17H2,1H3,(H2,20,21,22);3-4H,1-2H2. The van der Waals surface area contributed by atoms with Crippen molar-refractivity contribution in [1.82, 2.24) is 0 Å². The molecule has 0 atom stereocenters. The van der Waals surface area contributed by atoms with Crippen LogP contribution in [-0.4, -0.2) is 39.2 Å². The van der Waals surface area contributed by atoms with Gasteiger partial charge in [-0.2, -0.15) is 0 Å². The second-order valence-corrected chi connectivity index (χ2v) is 8.26. The third-order valence-corrected chi connectivity index (χ3v) is 4.75. The molecule has 0 aromatic rings. The summed E-state index contributed by atoms with van der Waals surface area (Å²) < 4.78 is 14.4. The number of hydrogen-bond acceptors (Lipinski definition) is 5. The van der Waals surface area contributed by atoms with Gasteiger partial charge in [-0.3, -0.25) is 14.6 Å². The highest BCUT2D eigenvalue weighted by molar-refractivity contribution is 7.46. The summed E-state index contributed by atoms with van der Waals surface area (Å²) in [7, 11) is -4.66. The van der Waals surface area contributed by atoms with Crippen molar-refractivity contribution in [2.24, 2.45) is 0 Å². The van der Waals surface area contributed by atoms with E-state index in [0.717, 1.165) is 12.8 Å². The third kappa shape index (κ3) is 30.3. The number of phosphoric ester groups is 1. The van der Waals surface area contributed by atoms with Crippen LogP contribution in [0.3, 0.4) is 0 Å². The highest BCUT2D eigenvalue weighted by Crippen LogP contribution is 2.36. The normalized spacial score (nSPS) is 11.0. The minimum absolute atomic E-state index is 0.0867. The number of aliphatic hydroxyl groups excluding tert-OH is 2. The van der Waals surface area contributed by atoms with Crippen LogP contribution in [-0.2, 0) is 13.9 Å². The Balaban J connectivity index is 0. The van der Waals surface area contributed by atoms with Gasteiger partial charge in [-0.15, -0.1) is 0 Å². The molecule has 0 fully saturated rings. The smallest absolute Gasteiger partial charge is 0.394 e. The van der Waals surface area contributed by atoms with Crippen molar-refractivity contribution in [2.45, 2.75) is 110 Å². The van der Waals surface area contributed by atoms with Crippen LogP contribution in [0.4, 0.5) is 0 Å². The zero-order chi connectivity index (χ0) is 21.5. The highest BCUT2D eigenvalue weighted by Gasteiger charge is 2.19. The largest absolute Gasteiger partial charge is 0.526 e. The molecular weight excluding hydrogens is 383 g/mol. The first kappa shape index (κ1) is 29.7. The summed E-state index contributed by atoms with van der Waals surface area (Å²) in [4.78, 5) is 28.0. The average molecular weight is 427 g/mol. The fourth-order valence-corrected chi connectivity index (χ4v) is 3.18. The zero-order valence-electron chi connectivity index (χ0n) is 17.7. The molecule has 0 heterocycles. The highest BCUT2D eigenvalue weighted by atomic mass is 31.2. The van der Waals surface area contributed by atoms with E-state index in [1.165, 1.54) is 77.0 Å². The van der Waals surface area contributed by atoms with Gasteiger partial charge in [0, 0.05) is 6.42 Å². The number of hydrogen-bond donors (Lipinski definition) is 4. The van der Waals surface area contributed by atoms with Crippen LogP contribution < -0.4 is 0 Å². The van der Waals surface area contributed by atoms with Crippen molar-refractivity contribution in [3.05, 3.63) is 0 Å². The maximum Gasteiger partial charge on any atom is 0.526 e. The number of rotatable bonds is 18. The molecule has 28 heavy (non-hydrogen) atoms. The fraction of sp³-hybridized carbons (Fsp3) is 0.950. The van der Waals surface area contributed by atoms with Crippen LogP contribution in [0.15, 0.2) is 0 Å². The van der Waals surface area contributed by atoms with E-state index in [1.54, 1.807) is 0 Å². The van der Waals surface area contributed by atoms with E-state index in [1.807, 2.05) is 0 Å². The second kappa shape index (κ2) is 22.8. The Morgan fingerprint density at radius 2 is 1.00 bits per heavy atom. The van der Waals surface area contributed by atoms with Crippen molar-refractivity contribution < 1.29 is 33.9 Å². The molecule has 0 unspecified atom stereocenters. The van der Waals surface area contributed by atoms with Gasteiger partial charge in [0.15, 0.2) is 0 Å². The molecule has 0 aliphatic carbocycles. The molecule has 0 saturated heterocycles. The van der Waals surface area contributed by atoms with E-state index in [-0.39, 0.29) is 19.6 Å². The van der Waals surface area contributed by atoms with Crippen molar-refractivity contribution >= 4 is 13.8 Å². The number of aliphatic hydroxyl groups is 2. The molecule has 0 amide bonds. The van der Waals surface area contributed by atoms with E-state index in [9.17, 15) is 9.36 Å². The molecule has 0 radical (unpaired) electrons. The van der Waals surface area contributed by atoms with Gasteiger partial charge in [0.2, 0.25) is 0 Å². The van der Waals surface area contributed by atoms with Gasteiger partial charge in [-0.1, -0.05) is 96.8 Å². The lowest BCUT2D eigenvalue weighted by Crippen LogP contribution is -2.01. The number of phosphoric acid groups is 1. The Hall–Kier alpha value is -0.460. The minimum Gasteiger partial charge on any atom is -0.394 e. The molecule has 0 aromatic carbocycles. The Bertz CT molecular complexity index is 370. The van der Waals surface area contributed by atoms with Crippen LogP contribution in [0.2, 0.25) is 0 Å². The Kier molecular flexibility index (Phi) is 24.2. The first-order chi connectivity index (χ1) is 13.4. The lowest BCUT2D eigenvalue weighted by molar-refractivity contribution is -0.135. The van der Waals surface area contributed by atoms with Gasteiger partial charge in [0.1, 0.15) is 0 Å². The summed E-state index contributed by atoms with van der Waals surface area (Å²) in [6, 6.07) is 0. The van der Waals surface area contributed by atoms with Crippen LogP contribution >= 0.6 is 7.82 Å². The number of unbranched alkanes of at least 4 members (excludes halogenated alkanes) is 14. The van der Waals surface area contributed by atoms with Gasteiger partial charge < -0.3 is 14.7 Å². The predicted molar refractivity (Wildman–Crippen MR) is 112 cm³/mol. The maximum absolute atomic E-state index is 11.1. The summed E-state index contributed by atoms with van der Waals surface area (Å²) in [5.41, 5.74) is 0. The Morgan fingerprint density at radius 3 is 1.29 bits per heavy atom. The molecule has 0 rings (SSSR count). The van der Waals surface area contributed by atoms with Crippen molar-refractivity contribution in [1.29, 1.82) is 0 Å². The average Bonchev–Trinajstić information content (AvgIpc) is 2.63. The zero-order valence-corrected chi connectivity index (χ0v) is 18.6. The van der Waals surface area contributed by atoms with Crippen LogP contribution in [0.1, 0.15) is 110 Å². The fourth-order valence-electron chi connectivity index (χ4n) is 2.82. The number of carbonyl (C=O) groups excluding carboxylic acids is 1. The van der Waals surface area contributed by atoms with Crippen LogP contribution in [0.25, 0.3) is 0 Å². The summed E-state index contributed by atoms with van der Waals surface area (Å²) in [6.45, 7) is 2.00. The van der Waals surface area contributed by atoms with E-state index < -0.39 is 13.8 Å². The summed E-state index contributed by atoms with van der Waals surface area (Å²) in [6.07, 6.45) is 18.7. The molecule has 8 heteroatoms. The van der Waals surface area contributed by atoms with E-state index >= 15 is 0 Å². The molecule has 0 saturated carbocycles. The molecule has 0 spiro atoms. The lowest BCUT2D eigenvalue weighted by atomic mass is 10.0. The maximum atomic E-state index is 11.1. The van der Waals surface area contributed by atoms with Gasteiger partial charge in [-0.25, -0.2) is 4.57 Å². The minimum atomic E-state index is -4.66. The van der Waals surface area contributed by atoms with Gasteiger partial charge in [0.05, 0.1) is 13.2 Å². The van der Waals surface area contributed by atoms with Crippen molar-refractivity contribution in [3.63, 3.8) is 0 Å². The molecule has 0 aliphatic rings. The van der Waals surface area contributed by atoms with Gasteiger partial charge >= 0.3 is 13.8 Å². The summed E-state index contributed by atoms with van der Waals surface area (Å²) >= 11 is 0. The molecule has 0 bridgehead atoms. The monoisotopic (exact) mass is 426 g/mol. The van der Waals surface area contributed by atoms with Crippen molar-refractivity contribution in [2.75, 3.05) is 13.2 Å². The molecular formula is C20H43O7P. The molecule has 170 valence electrons. The molecule has 0 aromatic heterocycles. The van der Waals surface area contributed by atoms with Gasteiger partial charge in [0.25, 0.3) is 0 Å². The second-order valence-electron chi connectivity index (χ2n) is 7.10. The summed E-state index contributed by atoms with van der Waals surface area (Å²) in [5, 5.41) is 15.2. The first-order valence-corrected chi connectivity index (χ1v) is 12.4.